The van der Waals surface area contributed by atoms with Crippen LogP contribution >= 0.6 is 11.6 Å². The molecule has 0 saturated heterocycles. The van der Waals surface area contributed by atoms with E-state index in [1.54, 1.807) is 47.7 Å². The summed E-state index contributed by atoms with van der Waals surface area (Å²) in [6.45, 7) is 2.17. The average molecular weight is 504 g/mol. The van der Waals surface area contributed by atoms with Gasteiger partial charge in [0.15, 0.2) is 0 Å². The van der Waals surface area contributed by atoms with Crippen LogP contribution in [0.25, 0.3) is 0 Å². The van der Waals surface area contributed by atoms with Crippen LogP contribution in [0.5, 0.6) is 0 Å². The van der Waals surface area contributed by atoms with E-state index < -0.39 is 0 Å². The molecule has 9 nitrogen and oxygen atoms in total. The highest BCUT2D eigenvalue weighted by atomic mass is 35.5. The average Bonchev–Trinajstić information content (AvgIpc) is 3.42. The van der Waals surface area contributed by atoms with Gasteiger partial charge in [0.05, 0.1) is 16.3 Å². The fourth-order valence-electron chi connectivity index (χ4n) is 4.25. The van der Waals surface area contributed by atoms with E-state index in [9.17, 15) is 9.59 Å². The van der Waals surface area contributed by atoms with Gasteiger partial charge in [0.25, 0.3) is 11.8 Å². The van der Waals surface area contributed by atoms with Crippen molar-refractivity contribution < 1.29 is 9.59 Å². The Morgan fingerprint density at radius 3 is 2.78 bits per heavy atom. The lowest BCUT2D eigenvalue weighted by Crippen LogP contribution is -2.37. The Morgan fingerprint density at radius 2 is 1.94 bits per heavy atom. The first kappa shape index (κ1) is 23.8. The Bertz CT molecular complexity index is 1340. The van der Waals surface area contributed by atoms with Gasteiger partial charge in [-0.3, -0.25) is 9.59 Å². The summed E-state index contributed by atoms with van der Waals surface area (Å²) in [5, 5.41) is 11.7. The van der Waals surface area contributed by atoms with Crippen molar-refractivity contribution in [2.75, 3.05) is 23.9 Å². The van der Waals surface area contributed by atoms with E-state index in [0.29, 0.717) is 21.8 Å². The zero-order valence-electron chi connectivity index (χ0n) is 19.7. The molecule has 0 bridgehead atoms. The fourth-order valence-corrected chi connectivity index (χ4v) is 4.45. The topological polar surface area (TPSA) is 101 Å². The van der Waals surface area contributed by atoms with E-state index in [0.717, 1.165) is 30.8 Å². The van der Waals surface area contributed by atoms with Crippen molar-refractivity contribution in [3.63, 3.8) is 0 Å². The van der Waals surface area contributed by atoms with Crippen molar-refractivity contribution >= 4 is 41.1 Å². The Hall–Kier alpha value is -3.92. The zero-order chi connectivity index (χ0) is 25.1. The number of amides is 2. The van der Waals surface area contributed by atoms with Crippen LogP contribution < -0.4 is 26.7 Å². The first-order valence-corrected chi connectivity index (χ1v) is 12.0. The first-order valence-electron chi connectivity index (χ1n) is 11.6. The Labute approximate surface area is 214 Å². The number of benzene rings is 3. The van der Waals surface area contributed by atoms with Gasteiger partial charge in [-0.25, -0.2) is 10.5 Å². The van der Waals surface area contributed by atoms with Crippen molar-refractivity contribution in [2.45, 2.75) is 19.5 Å². The smallest absolute Gasteiger partial charge is 0.255 e. The monoisotopic (exact) mass is 503 g/mol. The number of hydrogen-bond donors (Lipinski definition) is 4. The number of rotatable bonds is 6. The molecular formula is C26H26ClN7O2. The normalized spacial score (nSPS) is 14.8. The number of carbonyl (C=O) groups is 2. The van der Waals surface area contributed by atoms with Crippen LogP contribution in [0.4, 0.5) is 11.4 Å². The van der Waals surface area contributed by atoms with E-state index in [-0.39, 0.29) is 18.4 Å². The first-order chi connectivity index (χ1) is 17.5. The summed E-state index contributed by atoms with van der Waals surface area (Å²) in [5.74, 6) is -0.517. The van der Waals surface area contributed by atoms with Gasteiger partial charge in [-0.2, -0.15) is 5.10 Å². The second kappa shape index (κ2) is 10.4. The van der Waals surface area contributed by atoms with Gasteiger partial charge in [0.1, 0.15) is 6.34 Å². The number of hydrogen-bond acceptors (Lipinski definition) is 7. The maximum atomic E-state index is 12.9. The SMILES string of the molecule is CN1CCc2ccc(NC(=O)c3cccc(CNC(=O)c4cc(N5C=NNN5)ccc4Cl)c3)cc2C1. The lowest BCUT2D eigenvalue weighted by Gasteiger charge is -2.25. The van der Waals surface area contributed by atoms with E-state index in [1.807, 2.05) is 18.2 Å². The zero-order valence-corrected chi connectivity index (χ0v) is 20.5. The number of halogens is 1. The molecule has 0 saturated carbocycles. The molecular weight excluding hydrogens is 478 g/mol. The molecule has 0 fully saturated rings. The molecule has 2 amide bonds. The molecule has 0 spiro atoms. The van der Waals surface area contributed by atoms with Crippen LogP contribution in [0.3, 0.4) is 0 Å². The lowest BCUT2D eigenvalue weighted by molar-refractivity contribution is 0.0950. The second-order valence-electron chi connectivity index (χ2n) is 8.81. The van der Waals surface area contributed by atoms with Gasteiger partial charge in [-0.1, -0.05) is 29.8 Å². The van der Waals surface area contributed by atoms with E-state index in [2.05, 4.69) is 44.8 Å². The minimum atomic E-state index is -0.320. The van der Waals surface area contributed by atoms with Gasteiger partial charge < -0.3 is 15.5 Å². The minimum absolute atomic E-state index is 0.198. The lowest BCUT2D eigenvalue weighted by atomic mass is 9.99. The van der Waals surface area contributed by atoms with Crippen LogP contribution in [0.1, 0.15) is 37.4 Å². The highest BCUT2D eigenvalue weighted by Crippen LogP contribution is 2.24. The van der Waals surface area contributed by atoms with Crippen LogP contribution in [-0.4, -0.2) is 36.6 Å². The molecule has 10 heteroatoms. The Kier molecular flexibility index (Phi) is 6.86. The summed E-state index contributed by atoms with van der Waals surface area (Å²) >= 11 is 6.27. The summed E-state index contributed by atoms with van der Waals surface area (Å²) in [7, 11) is 2.10. The van der Waals surface area contributed by atoms with Crippen LogP contribution in [0.15, 0.2) is 65.8 Å². The summed E-state index contributed by atoms with van der Waals surface area (Å²) in [6.07, 6.45) is 2.56. The third-order valence-electron chi connectivity index (χ3n) is 6.19. The fraction of sp³-hybridized carbons (Fsp3) is 0.192. The van der Waals surface area contributed by atoms with E-state index in [1.165, 1.54) is 11.1 Å². The molecule has 3 aromatic carbocycles. The summed E-state index contributed by atoms with van der Waals surface area (Å²) in [5.41, 5.74) is 11.1. The van der Waals surface area contributed by atoms with Crippen molar-refractivity contribution in [2.24, 2.45) is 5.10 Å². The van der Waals surface area contributed by atoms with Crippen molar-refractivity contribution in [3.8, 4) is 0 Å². The number of carbonyl (C=O) groups excluding carboxylic acids is 2. The maximum Gasteiger partial charge on any atom is 0.255 e. The molecule has 4 N–H and O–H groups in total. The summed E-state index contributed by atoms with van der Waals surface area (Å²) in [6, 6.07) is 18.4. The summed E-state index contributed by atoms with van der Waals surface area (Å²) in [4.78, 5) is 28.0. The number of hydrazine groups is 2. The number of likely N-dealkylation sites (N-methyl/N-ethyl adjacent to an activating group) is 1. The predicted octanol–water partition coefficient (Wildman–Crippen LogP) is 3.28. The van der Waals surface area contributed by atoms with E-state index >= 15 is 0 Å². The minimum Gasteiger partial charge on any atom is -0.348 e. The number of anilines is 2. The number of fused-ring (bicyclic) bond motifs is 1. The van der Waals surface area contributed by atoms with Crippen LogP contribution in [0.2, 0.25) is 5.02 Å². The molecule has 36 heavy (non-hydrogen) atoms. The van der Waals surface area contributed by atoms with Gasteiger partial charge in [0, 0.05) is 30.9 Å². The van der Waals surface area contributed by atoms with Crippen molar-refractivity contribution in [1.29, 1.82) is 0 Å². The molecule has 5 rings (SSSR count). The number of nitrogens with one attached hydrogen (secondary N) is 4. The van der Waals surface area contributed by atoms with Gasteiger partial charge in [-0.05, 0) is 72.6 Å². The highest BCUT2D eigenvalue weighted by molar-refractivity contribution is 6.34. The molecule has 0 atom stereocenters. The Morgan fingerprint density at radius 1 is 1.06 bits per heavy atom. The third-order valence-corrected chi connectivity index (χ3v) is 6.52. The standard InChI is InChI=1S/C26H26ClN7O2/c1-33-10-9-18-5-6-21(12-20(18)15-33)30-25(35)19-4-2-3-17(11-19)14-28-26(36)23-13-22(7-8-24(23)27)34-16-29-31-32-34/h2-8,11-13,16,31-32H,9-10,14-15H2,1H3,(H,28,36)(H,30,35). The molecule has 184 valence electrons. The molecule has 0 aromatic heterocycles. The molecule has 2 aliphatic heterocycles. The van der Waals surface area contributed by atoms with Gasteiger partial charge >= 0.3 is 0 Å². The van der Waals surface area contributed by atoms with Crippen LogP contribution in [0, 0.1) is 0 Å². The highest BCUT2D eigenvalue weighted by Gasteiger charge is 2.16. The quantitative estimate of drug-likeness (QED) is 0.412. The predicted molar refractivity (Wildman–Crippen MR) is 141 cm³/mol. The molecule has 0 aliphatic carbocycles. The second-order valence-corrected chi connectivity index (χ2v) is 9.22. The molecule has 2 heterocycles. The third kappa shape index (κ3) is 5.33. The van der Waals surface area contributed by atoms with Gasteiger partial charge in [0.2, 0.25) is 0 Å². The number of nitrogens with zero attached hydrogens (tertiary/aromatic N) is 3. The summed E-state index contributed by atoms with van der Waals surface area (Å²) < 4.78 is 0. The maximum absolute atomic E-state index is 12.9. The molecule has 0 radical (unpaired) electrons. The van der Waals surface area contributed by atoms with Gasteiger partial charge in [-0.15, -0.1) is 5.53 Å². The van der Waals surface area contributed by atoms with Crippen molar-refractivity contribution in [3.05, 3.63) is 93.5 Å². The molecule has 2 aliphatic rings. The van der Waals surface area contributed by atoms with E-state index in [4.69, 9.17) is 11.6 Å². The van der Waals surface area contributed by atoms with Crippen molar-refractivity contribution in [1.82, 2.24) is 21.3 Å². The molecule has 3 aromatic rings. The largest absolute Gasteiger partial charge is 0.348 e. The molecule has 0 unspecified atom stereocenters. The van der Waals surface area contributed by atoms with Crippen LogP contribution in [-0.2, 0) is 19.5 Å². The number of hydrazone groups is 1. The Balaban J connectivity index is 1.23.